The maximum absolute atomic E-state index is 12.9. The Labute approximate surface area is 87.1 Å². The minimum Gasteiger partial charge on any atom is -0.508 e. The summed E-state index contributed by atoms with van der Waals surface area (Å²) in [5.41, 5.74) is 0.727. The quantitative estimate of drug-likeness (QED) is 0.829. The Morgan fingerprint density at radius 2 is 2.07 bits per heavy atom. The lowest BCUT2D eigenvalue weighted by Gasteiger charge is -2.37. The van der Waals surface area contributed by atoms with Crippen LogP contribution >= 0.6 is 0 Å². The number of alkyl halides is 1. The van der Waals surface area contributed by atoms with Crippen molar-refractivity contribution < 1.29 is 13.9 Å². The normalized spacial score (nSPS) is 17.7. The van der Waals surface area contributed by atoms with Gasteiger partial charge in [-0.15, -0.1) is 0 Å². The molecule has 2 nitrogen and oxygen atoms in total. The van der Waals surface area contributed by atoms with Gasteiger partial charge in [0.05, 0.1) is 6.67 Å². The van der Waals surface area contributed by atoms with Crippen LogP contribution in [0.5, 0.6) is 5.75 Å². The third kappa shape index (κ3) is 2.45. The van der Waals surface area contributed by atoms with E-state index in [2.05, 4.69) is 0 Å². The number of aromatic hydroxyl groups is 1. The minimum absolute atomic E-state index is 0.0624. The van der Waals surface area contributed by atoms with E-state index in [1.807, 2.05) is 4.90 Å². The van der Waals surface area contributed by atoms with Crippen molar-refractivity contribution in [3.05, 3.63) is 29.6 Å². The topological polar surface area (TPSA) is 23.5 Å². The zero-order valence-electron chi connectivity index (χ0n) is 8.29. The van der Waals surface area contributed by atoms with Gasteiger partial charge in [-0.05, 0) is 17.7 Å². The number of phenolic OH excluding ortho intramolecular Hbond substituents is 1. The Morgan fingerprint density at radius 3 is 2.67 bits per heavy atom. The summed E-state index contributed by atoms with van der Waals surface area (Å²) in [5, 5.41) is 9.18. The molecule has 1 aliphatic heterocycles. The molecule has 0 radical (unpaired) electrons. The number of halogens is 2. The summed E-state index contributed by atoms with van der Waals surface area (Å²) in [5.74, 6) is -0.368. The van der Waals surface area contributed by atoms with Crippen LogP contribution in [0.25, 0.3) is 0 Å². The van der Waals surface area contributed by atoms with Crippen molar-refractivity contribution in [2.75, 3.05) is 19.8 Å². The first kappa shape index (κ1) is 10.4. The van der Waals surface area contributed by atoms with Crippen molar-refractivity contribution in [1.29, 1.82) is 0 Å². The van der Waals surface area contributed by atoms with Gasteiger partial charge in [-0.1, -0.05) is 0 Å². The Kier molecular flexibility index (Phi) is 2.86. The van der Waals surface area contributed by atoms with Crippen molar-refractivity contribution in [3.8, 4) is 5.75 Å². The summed E-state index contributed by atoms with van der Waals surface area (Å²) < 4.78 is 25.1. The molecule has 4 heteroatoms. The van der Waals surface area contributed by atoms with Crippen LogP contribution in [0.15, 0.2) is 18.2 Å². The largest absolute Gasteiger partial charge is 0.508 e. The number of benzene rings is 1. The van der Waals surface area contributed by atoms with E-state index in [9.17, 15) is 13.9 Å². The molecule has 0 unspecified atom stereocenters. The Hall–Kier alpha value is -1.16. The lowest BCUT2D eigenvalue weighted by molar-refractivity contribution is 0.0736. The molecule has 0 aromatic heterocycles. The third-order valence-corrected chi connectivity index (χ3v) is 2.60. The van der Waals surface area contributed by atoms with Gasteiger partial charge in [-0.3, -0.25) is 9.29 Å². The Morgan fingerprint density at radius 1 is 1.33 bits per heavy atom. The summed E-state index contributed by atoms with van der Waals surface area (Å²) in [6.45, 7) is 1.72. The predicted molar refractivity (Wildman–Crippen MR) is 52.8 cm³/mol. The van der Waals surface area contributed by atoms with Crippen LogP contribution in [0, 0.1) is 11.7 Å². The number of likely N-dealkylation sites (tertiary alicyclic amines) is 1. The molecule has 0 spiro atoms. The maximum atomic E-state index is 12.9. The molecule has 0 amide bonds. The van der Waals surface area contributed by atoms with Crippen LogP contribution in [-0.2, 0) is 6.54 Å². The highest BCUT2D eigenvalue weighted by Crippen LogP contribution is 2.21. The molecule has 0 aliphatic carbocycles. The predicted octanol–water partition coefficient (Wildman–Crippen LogP) is 1.93. The van der Waals surface area contributed by atoms with E-state index in [-0.39, 0.29) is 18.3 Å². The molecule has 15 heavy (non-hydrogen) atoms. The zero-order valence-corrected chi connectivity index (χ0v) is 8.29. The molecule has 0 bridgehead atoms. The van der Waals surface area contributed by atoms with E-state index in [0.717, 1.165) is 11.6 Å². The van der Waals surface area contributed by atoms with Crippen LogP contribution in [0.1, 0.15) is 5.56 Å². The summed E-state index contributed by atoms with van der Waals surface area (Å²) >= 11 is 0. The van der Waals surface area contributed by atoms with Gasteiger partial charge in [0.1, 0.15) is 11.6 Å². The molecule has 0 saturated carbocycles. The fourth-order valence-corrected chi connectivity index (χ4v) is 1.89. The standard InChI is InChI=1S/C11H13F2NO/c12-4-9-6-14(7-9)5-8-1-10(13)3-11(15)2-8/h1-3,9,15H,4-7H2. The number of hydrogen-bond acceptors (Lipinski definition) is 2. The van der Waals surface area contributed by atoms with E-state index in [4.69, 9.17) is 0 Å². The SMILES string of the molecule is Oc1cc(F)cc(CN2CC(CF)C2)c1. The van der Waals surface area contributed by atoms with Crippen molar-refractivity contribution in [2.24, 2.45) is 5.92 Å². The van der Waals surface area contributed by atoms with Gasteiger partial charge in [-0.25, -0.2) is 4.39 Å². The molecule has 1 aromatic carbocycles. The van der Waals surface area contributed by atoms with Crippen molar-refractivity contribution >= 4 is 0 Å². The summed E-state index contributed by atoms with van der Waals surface area (Å²) in [6, 6.07) is 4.00. The monoisotopic (exact) mass is 213 g/mol. The molecular formula is C11H13F2NO. The lowest BCUT2D eigenvalue weighted by atomic mass is 10.0. The molecule has 1 saturated heterocycles. The van der Waals surface area contributed by atoms with E-state index in [0.29, 0.717) is 19.6 Å². The second-order valence-corrected chi connectivity index (χ2v) is 4.03. The number of phenols is 1. The van der Waals surface area contributed by atoms with Gasteiger partial charge in [0, 0.05) is 31.6 Å². The molecule has 1 N–H and O–H groups in total. The second kappa shape index (κ2) is 4.14. The lowest BCUT2D eigenvalue weighted by Crippen LogP contribution is -2.46. The van der Waals surface area contributed by atoms with Gasteiger partial charge in [-0.2, -0.15) is 0 Å². The molecule has 1 aliphatic rings. The molecule has 0 atom stereocenters. The second-order valence-electron chi connectivity index (χ2n) is 4.03. The smallest absolute Gasteiger partial charge is 0.127 e. The minimum atomic E-state index is -0.437. The average molecular weight is 213 g/mol. The summed E-state index contributed by atoms with van der Waals surface area (Å²) in [4.78, 5) is 2.03. The van der Waals surface area contributed by atoms with Crippen LogP contribution in [0.3, 0.4) is 0 Å². The molecule has 1 heterocycles. The van der Waals surface area contributed by atoms with Gasteiger partial charge in [0.2, 0.25) is 0 Å². The first-order valence-electron chi connectivity index (χ1n) is 4.94. The van der Waals surface area contributed by atoms with Gasteiger partial charge in [0.25, 0.3) is 0 Å². The highest BCUT2D eigenvalue weighted by molar-refractivity contribution is 5.28. The fraction of sp³-hybridized carbons (Fsp3) is 0.455. The van der Waals surface area contributed by atoms with Crippen LogP contribution in [0.2, 0.25) is 0 Å². The van der Waals surface area contributed by atoms with Crippen molar-refractivity contribution in [2.45, 2.75) is 6.54 Å². The highest BCUT2D eigenvalue weighted by Gasteiger charge is 2.26. The fourth-order valence-electron chi connectivity index (χ4n) is 1.89. The number of hydrogen-bond donors (Lipinski definition) is 1. The highest BCUT2D eigenvalue weighted by atomic mass is 19.1. The van der Waals surface area contributed by atoms with Gasteiger partial charge >= 0.3 is 0 Å². The first-order chi connectivity index (χ1) is 7.17. The molecule has 82 valence electrons. The molecule has 2 rings (SSSR count). The summed E-state index contributed by atoms with van der Waals surface area (Å²) in [6.07, 6.45) is 0. The van der Waals surface area contributed by atoms with E-state index in [1.54, 1.807) is 0 Å². The van der Waals surface area contributed by atoms with E-state index in [1.165, 1.54) is 12.1 Å². The van der Waals surface area contributed by atoms with Crippen molar-refractivity contribution in [3.63, 3.8) is 0 Å². The summed E-state index contributed by atoms with van der Waals surface area (Å²) in [7, 11) is 0. The van der Waals surface area contributed by atoms with E-state index < -0.39 is 5.82 Å². The molecule has 1 fully saturated rings. The van der Waals surface area contributed by atoms with Crippen LogP contribution in [-0.4, -0.2) is 29.8 Å². The Balaban J connectivity index is 1.94. The average Bonchev–Trinajstić information content (AvgIpc) is 2.08. The van der Waals surface area contributed by atoms with E-state index >= 15 is 0 Å². The van der Waals surface area contributed by atoms with Gasteiger partial charge in [0.15, 0.2) is 0 Å². The van der Waals surface area contributed by atoms with Crippen LogP contribution < -0.4 is 0 Å². The van der Waals surface area contributed by atoms with Crippen molar-refractivity contribution in [1.82, 2.24) is 4.90 Å². The molecular weight excluding hydrogens is 200 g/mol. The Bertz CT molecular complexity index is 330. The van der Waals surface area contributed by atoms with Crippen LogP contribution in [0.4, 0.5) is 8.78 Å². The van der Waals surface area contributed by atoms with Gasteiger partial charge < -0.3 is 5.11 Å². The molecule has 1 aromatic rings. The maximum Gasteiger partial charge on any atom is 0.127 e. The number of nitrogens with zero attached hydrogens (tertiary/aromatic N) is 1. The third-order valence-electron chi connectivity index (χ3n) is 2.60. The zero-order chi connectivity index (χ0) is 10.8. The first-order valence-corrected chi connectivity index (χ1v) is 4.94. The number of rotatable bonds is 3.